The Balaban J connectivity index is 1.80. The molecule has 1 atom stereocenters. The zero-order valence-electron chi connectivity index (χ0n) is 13.2. The van der Waals surface area contributed by atoms with Gasteiger partial charge in [0.25, 0.3) is 0 Å². The molecule has 1 aliphatic heterocycles. The van der Waals surface area contributed by atoms with Crippen molar-refractivity contribution in [3.05, 3.63) is 0 Å². The van der Waals surface area contributed by atoms with Crippen LogP contribution in [-0.4, -0.2) is 37.6 Å². The predicted molar refractivity (Wildman–Crippen MR) is 83.5 cm³/mol. The van der Waals surface area contributed by atoms with E-state index in [1.54, 1.807) is 0 Å². The highest BCUT2D eigenvalue weighted by molar-refractivity contribution is 4.91. The number of hydrogen-bond donors (Lipinski definition) is 1. The molecule has 1 N–H and O–H groups in total. The van der Waals surface area contributed by atoms with E-state index in [0.29, 0.717) is 5.41 Å². The van der Waals surface area contributed by atoms with Gasteiger partial charge in [0.05, 0.1) is 0 Å². The summed E-state index contributed by atoms with van der Waals surface area (Å²) in [6.45, 7) is 11.2. The summed E-state index contributed by atoms with van der Waals surface area (Å²) < 4.78 is 0. The smallest absolute Gasteiger partial charge is 0.00503 e. The van der Waals surface area contributed by atoms with Gasteiger partial charge in [-0.2, -0.15) is 0 Å². The molecule has 1 aliphatic carbocycles. The van der Waals surface area contributed by atoms with Gasteiger partial charge in [0.2, 0.25) is 0 Å². The molecule has 2 fully saturated rings. The first-order chi connectivity index (χ1) is 9.28. The Bertz CT molecular complexity index is 246. The molecule has 0 aromatic rings. The van der Waals surface area contributed by atoms with Crippen molar-refractivity contribution >= 4 is 0 Å². The highest BCUT2D eigenvalue weighted by atomic mass is 15.2. The number of hydrogen-bond acceptors (Lipinski definition) is 2. The lowest BCUT2D eigenvalue weighted by Crippen LogP contribution is -2.42. The standard InChI is InChI=1S/C17H34N2/c1-3-7-16-8-12-19(13-16)15-17(9-5-6-10-17)14-18-11-4-2/h16,18H,3-15H2,1-2H3. The average Bonchev–Trinajstić information content (AvgIpc) is 3.01. The first kappa shape index (κ1) is 15.3. The quantitative estimate of drug-likeness (QED) is 0.674. The largest absolute Gasteiger partial charge is 0.316 e. The second-order valence-corrected chi connectivity index (χ2v) is 7.06. The maximum atomic E-state index is 3.70. The first-order valence-corrected chi connectivity index (χ1v) is 8.71. The Hall–Kier alpha value is -0.0800. The Kier molecular flexibility index (Phi) is 6.15. The van der Waals surface area contributed by atoms with Crippen LogP contribution in [0.3, 0.4) is 0 Å². The van der Waals surface area contributed by atoms with Gasteiger partial charge in [-0.1, -0.05) is 33.1 Å². The van der Waals surface area contributed by atoms with Gasteiger partial charge < -0.3 is 10.2 Å². The third kappa shape index (κ3) is 4.46. The van der Waals surface area contributed by atoms with Gasteiger partial charge in [-0.15, -0.1) is 0 Å². The molecule has 0 aromatic heterocycles. The lowest BCUT2D eigenvalue weighted by atomic mass is 9.85. The van der Waals surface area contributed by atoms with Crippen LogP contribution in [0.5, 0.6) is 0 Å². The third-order valence-electron chi connectivity index (χ3n) is 5.22. The van der Waals surface area contributed by atoms with E-state index >= 15 is 0 Å². The maximum absolute atomic E-state index is 3.70. The Morgan fingerprint density at radius 1 is 1.16 bits per heavy atom. The fraction of sp³-hybridized carbons (Fsp3) is 1.00. The lowest BCUT2D eigenvalue weighted by Gasteiger charge is -2.34. The number of rotatable bonds is 8. The van der Waals surface area contributed by atoms with Crippen molar-refractivity contribution in [1.29, 1.82) is 0 Å². The summed E-state index contributed by atoms with van der Waals surface area (Å²) in [6.07, 6.45) is 11.3. The van der Waals surface area contributed by atoms with Crippen LogP contribution in [0.25, 0.3) is 0 Å². The molecule has 1 unspecified atom stereocenters. The molecule has 0 aromatic carbocycles. The topological polar surface area (TPSA) is 15.3 Å². The van der Waals surface area contributed by atoms with Crippen LogP contribution in [0.15, 0.2) is 0 Å². The molecule has 2 nitrogen and oxygen atoms in total. The van der Waals surface area contributed by atoms with Crippen molar-refractivity contribution in [3.63, 3.8) is 0 Å². The van der Waals surface area contributed by atoms with Crippen molar-refractivity contribution in [2.45, 2.75) is 65.2 Å². The van der Waals surface area contributed by atoms with E-state index in [4.69, 9.17) is 0 Å². The summed E-state index contributed by atoms with van der Waals surface area (Å²) in [6, 6.07) is 0. The summed E-state index contributed by atoms with van der Waals surface area (Å²) in [7, 11) is 0. The summed E-state index contributed by atoms with van der Waals surface area (Å²) >= 11 is 0. The number of nitrogens with one attached hydrogen (secondary N) is 1. The monoisotopic (exact) mass is 266 g/mol. The molecule has 0 radical (unpaired) electrons. The predicted octanol–water partition coefficient (Wildman–Crippen LogP) is 3.67. The molecular formula is C17H34N2. The molecule has 1 saturated heterocycles. The van der Waals surface area contributed by atoms with E-state index in [-0.39, 0.29) is 0 Å². The summed E-state index contributed by atoms with van der Waals surface area (Å²) in [4.78, 5) is 2.78. The zero-order valence-corrected chi connectivity index (χ0v) is 13.2. The van der Waals surface area contributed by atoms with Crippen LogP contribution < -0.4 is 5.32 Å². The Labute approximate surface area is 120 Å². The average molecular weight is 266 g/mol. The van der Waals surface area contributed by atoms with Gasteiger partial charge >= 0.3 is 0 Å². The zero-order chi connectivity index (χ0) is 13.6. The van der Waals surface area contributed by atoms with Gasteiger partial charge in [-0.3, -0.25) is 0 Å². The summed E-state index contributed by atoms with van der Waals surface area (Å²) in [5.74, 6) is 0.993. The normalized spacial score (nSPS) is 27.2. The minimum atomic E-state index is 0.607. The van der Waals surface area contributed by atoms with Crippen LogP contribution in [-0.2, 0) is 0 Å². The molecule has 112 valence electrons. The van der Waals surface area contributed by atoms with Crippen molar-refractivity contribution in [1.82, 2.24) is 10.2 Å². The minimum absolute atomic E-state index is 0.607. The van der Waals surface area contributed by atoms with E-state index in [2.05, 4.69) is 24.1 Å². The molecule has 2 heteroatoms. The van der Waals surface area contributed by atoms with Gasteiger partial charge in [0.15, 0.2) is 0 Å². The highest BCUT2D eigenvalue weighted by Crippen LogP contribution is 2.39. The lowest BCUT2D eigenvalue weighted by molar-refractivity contribution is 0.167. The van der Waals surface area contributed by atoms with Crippen LogP contribution in [0.2, 0.25) is 0 Å². The molecule has 2 rings (SSSR count). The van der Waals surface area contributed by atoms with Crippen molar-refractivity contribution in [2.24, 2.45) is 11.3 Å². The molecule has 0 amide bonds. The molecule has 2 aliphatic rings. The van der Waals surface area contributed by atoms with E-state index in [1.165, 1.54) is 84.1 Å². The van der Waals surface area contributed by atoms with Crippen molar-refractivity contribution < 1.29 is 0 Å². The Morgan fingerprint density at radius 3 is 2.63 bits per heavy atom. The van der Waals surface area contributed by atoms with E-state index < -0.39 is 0 Å². The van der Waals surface area contributed by atoms with Gasteiger partial charge in [0, 0.05) is 19.6 Å². The third-order valence-corrected chi connectivity index (χ3v) is 5.22. The molecule has 0 bridgehead atoms. The molecule has 1 saturated carbocycles. The molecule has 1 heterocycles. The van der Waals surface area contributed by atoms with Crippen molar-refractivity contribution in [2.75, 3.05) is 32.7 Å². The van der Waals surface area contributed by atoms with Crippen LogP contribution in [0.1, 0.15) is 65.2 Å². The van der Waals surface area contributed by atoms with Crippen LogP contribution in [0, 0.1) is 11.3 Å². The maximum Gasteiger partial charge on any atom is 0.00503 e. The van der Waals surface area contributed by atoms with Crippen LogP contribution >= 0.6 is 0 Å². The highest BCUT2D eigenvalue weighted by Gasteiger charge is 2.36. The number of nitrogens with zero attached hydrogens (tertiary/aromatic N) is 1. The SMILES string of the molecule is CCCNCC1(CN2CCC(CCC)C2)CCCC1. The summed E-state index contributed by atoms with van der Waals surface area (Å²) in [5.41, 5.74) is 0.607. The minimum Gasteiger partial charge on any atom is -0.316 e. The second-order valence-electron chi connectivity index (χ2n) is 7.06. The fourth-order valence-corrected chi connectivity index (χ4v) is 4.22. The Morgan fingerprint density at radius 2 is 1.95 bits per heavy atom. The number of likely N-dealkylation sites (tertiary alicyclic amines) is 1. The van der Waals surface area contributed by atoms with Gasteiger partial charge in [-0.05, 0) is 56.5 Å². The molecule has 0 spiro atoms. The van der Waals surface area contributed by atoms with Crippen LogP contribution in [0.4, 0.5) is 0 Å². The van der Waals surface area contributed by atoms with Gasteiger partial charge in [-0.25, -0.2) is 0 Å². The molecular weight excluding hydrogens is 232 g/mol. The van der Waals surface area contributed by atoms with E-state index in [0.717, 1.165) is 5.92 Å². The second kappa shape index (κ2) is 7.64. The first-order valence-electron chi connectivity index (χ1n) is 8.71. The molecule has 19 heavy (non-hydrogen) atoms. The van der Waals surface area contributed by atoms with E-state index in [9.17, 15) is 0 Å². The summed E-state index contributed by atoms with van der Waals surface area (Å²) in [5, 5.41) is 3.70. The van der Waals surface area contributed by atoms with E-state index in [1.807, 2.05) is 0 Å². The van der Waals surface area contributed by atoms with Gasteiger partial charge in [0.1, 0.15) is 0 Å². The van der Waals surface area contributed by atoms with Crippen molar-refractivity contribution in [3.8, 4) is 0 Å². The fourth-order valence-electron chi connectivity index (χ4n) is 4.22.